The quantitative estimate of drug-likeness (QED) is 0.310. The summed E-state index contributed by atoms with van der Waals surface area (Å²) in [7, 11) is 1.78. The number of aliphatic imine (C=N–C) groups is 1. The van der Waals surface area contributed by atoms with Crippen molar-refractivity contribution in [3.8, 4) is 5.88 Å². The van der Waals surface area contributed by atoms with Crippen molar-refractivity contribution >= 4 is 36.0 Å². The van der Waals surface area contributed by atoms with Crippen LogP contribution < -0.4 is 15.4 Å². The monoisotopic (exact) mass is 559 g/mol. The van der Waals surface area contributed by atoms with Gasteiger partial charge >= 0.3 is 6.09 Å². The number of pyridine rings is 1. The Balaban J connectivity index is 0.00000363. The number of nitrogens with one attached hydrogen (secondary N) is 2. The summed E-state index contributed by atoms with van der Waals surface area (Å²) in [5, 5.41) is 6.90. The van der Waals surface area contributed by atoms with E-state index >= 15 is 0 Å². The lowest BCUT2D eigenvalue weighted by molar-refractivity contribution is 0.00545. The Hall–Kier alpha value is -1.78. The minimum Gasteiger partial charge on any atom is -0.478 e. The van der Waals surface area contributed by atoms with Gasteiger partial charge in [-0.15, -0.1) is 24.0 Å². The summed E-state index contributed by atoms with van der Waals surface area (Å²) < 4.78 is 11.2. The first-order valence-electron chi connectivity index (χ1n) is 11.3. The maximum absolute atomic E-state index is 12.6. The van der Waals surface area contributed by atoms with Gasteiger partial charge in [0.05, 0.1) is 6.61 Å². The molecule has 2 saturated heterocycles. The predicted octanol–water partition coefficient (Wildman–Crippen LogP) is 4.08. The number of carbonyl (C=O) groups excluding carboxylic acids is 1. The second kappa shape index (κ2) is 11.9. The largest absolute Gasteiger partial charge is 0.478 e. The molecule has 0 aromatic carbocycles. The summed E-state index contributed by atoms with van der Waals surface area (Å²) in [5.74, 6) is 1.42. The number of nitrogens with zero attached hydrogens (tertiary/aromatic N) is 3. The molecule has 8 nitrogen and oxygen atoms in total. The van der Waals surface area contributed by atoms with Crippen molar-refractivity contribution in [1.29, 1.82) is 0 Å². The maximum atomic E-state index is 12.6. The second-order valence-corrected chi connectivity index (χ2v) is 9.36. The van der Waals surface area contributed by atoms with Crippen molar-refractivity contribution in [3.05, 3.63) is 23.9 Å². The molecular weight excluding hydrogens is 521 g/mol. The molecule has 2 fully saturated rings. The molecule has 0 radical (unpaired) electrons. The van der Waals surface area contributed by atoms with Crippen LogP contribution in [0, 0.1) is 0 Å². The van der Waals surface area contributed by atoms with E-state index in [1.165, 1.54) is 0 Å². The van der Waals surface area contributed by atoms with E-state index in [0.29, 0.717) is 19.0 Å². The molecule has 1 aromatic rings. The Morgan fingerprint density at radius 1 is 1.25 bits per heavy atom. The zero-order chi connectivity index (χ0) is 22.4. The molecule has 2 N–H and O–H groups in total. The normalized spacial score (nSPS) is 22.7. The average molecular weight is 559 g/mol. The van der Waals surface area contributed by atoms with Crippen LogP contribution >= 0.6 is 24.0 Å². The molecule has 2 aliphatic heterocycles. The van der Waals surface area contributed by atoms with Gasteiger partial charge in [0.1, 0.15) is 5.60 Å². The first kappa shape index (κ1) is 26.5. The van der Waals surface area contributed by atoms with Crippen molar-refractivity contribution in [3.63, 3.8) is 0 Å². The van der Waals surface area contributed by atoms with Crippen LogP contribution in [0.4, 0.5) is 4.79 Å². The Morgan fingerprint density at radius 2 is 1.94 bits per heavy atom. The molecule has 1 aromatic heterocycles. The summed E-state index contributed by atoms with van der Waals surface area (Å²) in [6.07, 6.45) is 6.48. The molecule has 2 unspecified atom stereocenters. The number of piperidine rings is 1. The molecule has 3 rings (SSSR count). The van der Waals surface area contributed by atoms with Crippen LogP contribution in [0.5, 0.6) is 5.88 Å². The molecule has 2 aliphatic rings. The number of guanidine groups is 1. The van der Waals surface area contributed by atoms with E-state index in [1.54, 1.807) is 7.05 Å². The van der Waals surface area contributed by atoms with Crippen molar-refractivity contribution in [1.82, 2.24) is 20.5 Å². The second-order valence-electron chi connectivity index (χ2n) is 9.36. The Kier molecular flexibility index (Phi) is 9.84. The predicted molar refractivity (Wildman–Crippen MR) is 137 cm³/mol. The fourth-order valence-electron chi connectivity index (χ4n) is 4.29. The summed E-state index contributed by atoms with van der Waals surface area (Å²) in [6.45, 7) is 9.12. The zero-order valence-electron chi connectivity index (χ0n) is 19.9. The van der Waals surface area contributed by atoms with E-state index < -0.39 is 5.60 Å². The van der Waals surface area contributed by atoms with Crippen LogP contribution in [0.1, 0.15) is 65.4 Å². The number of carbonyl (C=O) groups is 1. The molecule has 180 valence electrons. The van der Waals surface area contributed by atoms with E-state index in [2.05, 4.69) is 27.5 Å². The highest BCUT2D eigenvalue weighted by molar-refractivity contribution is 14.0. The van der Waals surface area contributed by atoms with Gasteiger partial charge in [0.15, 0.2) is 5.96 Å². The molecule has 2 bridgehead atoms. The van der Waals surface area contributed by atoms with Crippen LogP contribution in [0.3, 0.4) is 0 Å². The lowest BCUT2D eigenvalue weighted by atomic mass is 9.98. The third kappa shape index (κ3) is 7.38. The third-order valence-electron chi connectivity index (χ3n) is 5.61. The van der Waals surface area contributed by atoms with E-state index in [9.17, 15) is 4.79 Å². The molecule has 1 amide bonds. The number of rotatable bonds is 6. The minimum atomic E-state index is -0.466. The molecule has 9 heteroatoms. The molecule has 3 heterocycles. The fraction of sp³-hybridized carbons (Fsp3) is 0.696. The van der Waals surface area contributed by atoms with Gasteiger partial charge in [0.2, 0.25) is 5.88 Å². The first-order valence-corrected chi connectivity index (χ1v) is 11.3. The standard InChI is InChI=1S/C23H37N5O3.HI/c1-6-11-30-20-10-7-16(14-25-20)15-26-21(24-5)27-17-12-18-8-9-19(13-17)28(18)22(29)31-23(2,3)4;/h7,10,14,17-19H,6,8-9,11-13,15H2,1-5H3,(H2,24,26,27);1H. The number of ether oxygens (including phenoxy) is 2. The van der Waals surface area contributed by atoms with E-state index in [1.807, 2.05) is 44.0 Å². The van der Waals surface area contributed by atoms with Gasteiger partial charge in [-0.1, -0.05) is 13.0 Å². The fourth-order valence-corrected chi connectivity index (χ4v) is 4.29. The Labute approximate surface area is 208 Å². The van der Waals surface area contributed by atoms with Gasteiger partial charge < -0.3 is 25.0 Å². The van der Waals surface area contributed by atoms with Crippen molar-refractivity contribution < 1.29 is 14.3 Å². The average Bonchev–Trinajstić information content (AvgIpc) is 3.00. The number of halogens is 1. The topological polar surface area (TPSA) is 88.1 Å². The Bertz CT molecular complexity index is 752. The van der Waals surface area contributed by atoms with E-state index in [0.717, 1.165) is 43.6 Å². The number of amides is 1. The zero-order valence-corrected chi connectivity index (χ0v) is 22.2. The number of aromatic nitrogens is 1. The summed E-state index contributed by atoms with van der Waals surface area (Å²) in [4.78, 5) is 23.3. The maximum Gasteiger partial charge on any atom is 0.410 e. The van der Waals surface area contributed by atoms with Crippen molar-refractivity contribution in [2.24, 2.45) is 4.99 Å². The molecule has 32 heavy (non-hydrogen) atoms. The summed E-state index contributed by atoms with van der Waals surface area (Å²) in [5.41, 5.74) is 0.596. The van der Waals surface area contributed by atoms with Crippen molar-refractivity contribution in [2.75, 3.05) is 13.7 Å². The lowest BCUT2D eigenvalue weighted by Gasteiger charge is -2.40. The molecule has 0 spiro atoms. The smallest absolute Gasteiger partial charge is 0.410 e. The van der Waals surface area contributed by atoms with Crippen LogP contribution in [-0.4, -0.2) is 59.3 Å². The van der Waals surface area contributed by atoms with Crippen LogP contribution in [0.25, 0.3) is 0 Å². The number of hydrogen-bond acceptors (Lipinski definition) is 5. The molecule has 0 saturated carbocycles. The van der Waals surface area contributed by atoms with Gasteiger partial charge in [-0.25, -0.2) is 9.78 Å². The van der Waals surface area contributed by atoms with Crippen LogP contribution in [0.2, 0.25) is 0 Å². The number of hydrogen-bond donors (Lipinski definition) is 2. The van der Waals surface area contributed by atoms with E-state index in [4.69, 9.17) is 9.47 Å². The molecule has 0 aliphatic carbocycles. The lowest BCUT2D eigenvalue weighted by Crippen LogP contribution is -2.54. The molecule has 2 atom stereocenters. The molecular formula is C23H38IN5O3. The van der Waals surface area contributed by atoms with Gasteiger partial charge in [0, 0.05) is 44.0 Å². The van der Waals surface area contributed by atoms with Crippen molar-refractivity contribution in [2.45, 2.75) is 90.1 Å². The Morgan fingerprint density at radius 3 is 2.47 bits per heavy atom. The summed E-state index contributed by atoms with van der Waals surface area (Å²) in [6, 6.07) is 4.64. The number of fused-ring (bicyclic) bond motifs is 2. The van der Waals surface area contributed by atoms with Gasteiger partial charge in [-0.05, 0) is 58.4 Å². The third-order valence-corrected chi connectivity index (χ3v) is 5.61. The van der Waals surface area contributed by atoms with E-state index in [-0.39, 0.29) is 48.2 Å². The van der Waals surface area contributed by atoms with Crippen LogP contribution in [0.15, 0.2) is 23.3 Å². The van der Waals surface area contributed by atoms with Crippen LogP contribution in [-0.2, 0) is 11.3 Å². The highest BCUT2D eigenvalue weighted by atomic mass is 127. The van der Waals surface area contributed by atoms with Gasteiger partial charge in [0.25, 0.3) is 0 Å². The highest BCUT2D eigenvalue weighted by Gasteiger charge is 2.45. The minimum absolute atomic E-state index is 0. The van der Waals surface area contributed by atoms with Gasteiger partial charge in [-0.2, -0.15) is 0 Å². The van der Waals surface area contributed by atoms with Gasteiger partial charge in [-0.3, -0.25) is 4.99 Å². The SMILES string of the molecule is CCCOc1ccc(CNC(=NC)NC2CC3CCC(C2)N3C(=O)OC(C)(C)C)cn1.I. The first-order chi connectivity index (χ1) is 14.8. The summed E-state index contributed by atoms with van der Waals surface area (Å²) >= 11 is 0. The highest BCUT2D eigenvalue weighted by Crippen LogP contribution is 2.36.